The Balaban J connectivity index is 2.16. The molecule has 0 saturated carbocycles. The lowest BCUT2D eigenvalue weighted by Gasteiger charge is -2.20. The molecule has 0 saturated heterocycles. The summed E-state index contributed by atoms with van der Waals surface area (Å²) in [4.78, 5) is 10.9. The van der Waals surface area contributed by atoms with Gasteiger partial charge in [0.15, 0.2) is 0 Å². The van der Waals surface area contributed by atoms with Crippen molar-refractivity contribution in [2.75, 3.05) is 20.2 Å². The van der Waals surface area contributed by atoms with Crippen LogP contribution in [0.2, 0.25) is 0 Å². The van der Waals surface area contributed by atoms with Crippen LogP contribution in [0.5, 0.6) is 5.75 Å². The van der Waals surface area contributed by atoms with Gasteiger partial charge in [0.05, 0.1) is 25.7 Å². The van der Waals surface area contributed by atoms with Crippen LogP contribution in [0.1, 0.15) is 5.56 Å². The van der Waals surface area contributed by atoms with E-state index in [4.69, 9.17) is 4.74 Å². The number of methoxy groups -OCH3 is 1. The molecular formula is C11H11N3O. The van der Waals surface area contributed by atoms with Crippen molar-refractivity contribution in [3.05, 3.63) is 23.8 Å². The van der Waals surface area contributed by atoms with Crippen LogP contribution in [0.4, 0.5) is 5.69 Å². The summed E-state index contributed by atoms with van der Waals surface area (Å²) in [6.07, 6.45) is 1.85. The normalized spacial score (nSPS) is 17.1. The minimum absolute atomic E-state index is 0.845. The lowest BCUT2D eigenvalue weighted by molar-refractivity contribution is 0.414. The molecule has 4 heteroatoms. The predicted molar refractivity (Wildman–Crippen MR) is 59.3 cm³/mol. The summed E-state index contributed by atoms with van der Waals surface area (Å²) in [5.41, 5.74) is 2.03. The van der Waals surface area contributed by atoms with Gasteiger partial charge in [-0.15, -0.1) is 0 Å². The molecule has 0 aromatic heterocycles. The second-order valence-electron chi connectivity index (χ2n) is 3.53. The fraction of sp³-hybridized carbons (Fsp3) is 0.273. The van der Waals surface area contributed by atoms with E-state index in [1.807, 2.05) is 24.5 Å². The van der Waals surface area contributed by atoms with E-state index >= 15 is 0 Å². The van der Waals surface area contributed by atoms with E-state index in [9.17, 15) is 0 Å². The molecule has 0 amide bonds. The van der Waals surface area contributed by atoms with Gasteiger partial charge in [-0.3, -0.25) is 4.99 Å². The van der Waals surface area contributed by atoms with Gasteiger partial charge in [-0.25, -0.2) is 4.99 Å². The Bertz CT molecular complexity index is 465. The smallest absolute Gasteiger partial charge is 0.138 e. The van der Waals surface area contributed by atoms with Crippen molar-refractivity contribution < 1.29 is 4.74 Å². The van der Waals surface area contributed by atoms with Crippen LogP contribution in [0.15, 0.2) is 28.2 Å². The summed E-state index contributed by atoms with van der Waals surface area (Å²) in [6.45, 7) is 1.77. The highest BCUT2D eigenvalue weighted by molar-refractivity contribution is 6.11. The third kappa shape index (κ3) is 1.21. The van der Waals surface area contributed by atoms with Gasteiger partial charge in [-0.05, 0) is 18.2 Å². The van der Waals surface area contributed by atoms with Gasteiger partial charge in [0.1, 0.15) is 11.6 Å². The molecule has 0 bridgehead atoms. The van der Waals surface area contributed by atoms with Gasteiger partial charge in [-0.1, -0.05) is 0 Å². The Hall–Kier alpha value is -1.84. The molecule has 0 fully saturated rings. The highest BCUT2D eigenvalue weighted by Crippen LogP contribution is 2.29. The topological polar surface area (TPSA) is 37.2 Å². The van der Waals surface area contributed by atoms with Crippen molar-refractivity contribution in [3.63, 3.8) is 0 Å². The number of rotatable bonds is 1. The van der Waals surface area contributed by atoms with E-state index in [1.165, 1.54) is 0 Å². The van der Waals surface area contributed by atoms with Crippen molar-refractivity contribution in [1.29, 1.82) is 0 Å². The number of amidine groups is 1. The number of ether oxygens (including phenoxy) is 1. The minimum Gasteiger partial charge on any atom is -0.497 e. The van der Waals surface area contributed by atoms with E-state index < -0.39 is 0 Å². The zero-order valence-corrected chi connectivity index (χ0v) is 8.47. The molecule has 0 N–H and O–H groups in total. The first-order valence-corrected chi connectivity index (χ1v) is 4.92. The number of nitrogens with zero attached hydrogens (tertiary/aromatic N) is 3. The third-order valence-corrected chi connectivity index (χ3v) is 2.66. The van der Waals surface area contributed by atoms with Gasteiger partial charge in [0.25, 0.3) is 0 Å². The number of hydrogen-bond acceptors (Lipinski definition) is 4. The highest BCUT2D eigenvalue weighted by atomic mass is 16.5. The van der Waals surface area contributed by atoms with Crippen molar-refractivity contribution in [2.45, 2.75) is 0 Å². The van der Waals surface area contributed by atoms with E-state index in [0.29, 0.717) is 0 Å². The Morgan fingerprint density at radius 1 is 1.40 bits per heavy atom. The van der Waals surface area contributed by atoms with Crippen LogP contribution in [-0.4, -0.2) is 37.3 Å². The minimum atomic E-state index is 0.845. The van der Waals surface area contributed by atoms with Gasteiger partial charge in [0, 0.05) is 12.1 Å². The summed E-state index contributed by atoms with van der Waals surface area (Å²) in [6, 6.07) is 5.87. The van der Waals surface area contributed by atoms with Crippen LogP contribution < -0.4 is 4.74 Å². The summed E-state index contributed by atoms with van der Waals surface area (Å²) >= 11 is 0. The number of hydrogen-bond donors (Lipinski definition) is 0. The summed E-state index contributed by atoms with van der Waals surface area (Å²) in [5, 5.41) is 0. The monoisotopic (exact) mass is 201 g/mol. The molecule has 76 valence electrons. The third-order valence-electron chi connectivity index (χ3n) is 2.66. The molecule has 0 radical (unpaired) electrons. The van der Waals surface area contributed by atoms with E-state index in [2.05, 4.69) is 14.9 Å². The Kier molecular flexibility index (Phi) is 1.74. The predicted octanol–water partition coefficient (Wildman–Crippen LogP) is 1.43. The van der Waals surface area contributed by atoms with E-state index in [1.54, 1.807) is 7.11 Å². The second-order valence-corrected chi connectivity index (χ2v) is 3.53. The summed E-state index contributed by atoms with van der Waals surface area (Å²) in [5.74, 6) is 1.86. The Morgan fingerprint density at radius 3 is 3.20 bits per heavy atom. The standard InChI is InChI=1S/C11H11N3O/c1-15-8-2-3-10-9(6-8)11-12-4-5-14(11)7-13-10/h2-3,6-7H,4-5H2,1H3. The van der Waals surface area contributed by atoms with Crippen LogP contribution in [0.25, 0.3) is 0 Å². The van der Waals surface area contributed by atoms with Gasteiger partial charge in [-0.2, -0.15) is 0 Å². The molecule has 0 atom stereocenters. The molecular weight excluding hydrogens is 190 g/mol. The maximum atomic E-state index is 5.20. The first-order chi connectivity index (χ1) is 7.38. The fourth-order valence-corrected chi connectivity index (χ4v) is 1.88. The van der Waals surface area contributed by atoms with Crippen molar-refractivity contribution in [1.82, 2.24) is 4.90 Å². The lowest BCUT2D eigenvalue weighted by atomic mass is 10.1. The SMILES string of the molecule is COc1ccc2c(c1)C1=NCCN1C=N2. The lowest BCUT2D eigenvalue weighted by Crippen LogP contribution is -2.29. The fourth-order valence-electron chi connectivity index (χ4n) is 1.88. The quantitative estimate of drug-likeness (QED) is 0.689. The van der Waals surface area contributed by atoms with Crippen molar-refractivity contribution in [2.24, 2.45) is 9.98 Å². The number of aliphatic imine (C=N–C) groups is 2. The first-order valence-electron chi connectivity index (χ1n) is 4.92. The van der Waals surface area contributed by atoms with Crippen LogP contribution in [0.3, 0.4) is 0 Å². The maximum absolute atomic E-state index is 5.20. The molecule has 1 aromatic rings. The van der Waals surface area contributed by atoms with Crippen molar-refractivity contribution in [3.8, 4) is 5.75 Å². The first kappa shape index (κ1) is 8.47. The number of fused-ring (bicyclic) bond motifs is 3. The molecule has 0 aliphatic carbocycles. The van der Waals surface area contributed by atoms with Crippen LogP contribution in [0, 0.1) is 0 Å². The molecule has 3 rings (SSSR count). The summed E-state index contributed by atoms with van der Waals surface area (Å²) < 4.78 is 5.20. The number of benzene rings is 1. The molecule has 15 heavy (non-hydrogen) atoms. The molecule has 4 nitrogen and oxygen atoms in total. The van der Waals surface area contributed by atoms with E-state index in [-0.39, 0.29) is 0 Å². The van der Waals surface area contributed by atoms with Gasteiger partial charge in [0.2, 0.25) is 0 Å². The van der Waals surface area contributed by atoms with E-state index in [0.717, 1.165) is 35.9 Å². The van der Waals surface area contributed by atoms with Crippen LogP contribution >= 0.6 is 0 Å². The average molecular weight is 201 g/mol. The van der Waals surface area contributed by atoms with Gasteiger partial charge < -0.3 is 9.64 Å². The van der Waals surface area contributed by atoms with Crippen LogP contribution in [-0.2, 0) is 0 Å². The Morgan fingerprint density at radius 2 is 2.33 bits per heavy atom. The Labute approximate surface area is 87.9 Å². The van der Waals surface area contributed by atoms with Crippen molar-refractivity contribution >= 4 is 17.9 Å². The molecule has 1 aromatic carbocycles. The van der Waals surface area contributed by atoms with Gasteiger partial charge >= 0.3 is 0 Å². The average Bonchev–Trinajstić information content (AvgIpc) is 2.76. The zero-order valence-electron chi connectivity index (χ0n) is 8.47. The summed E-state index contributed by atoms with van der Waals surface area (Å²) in [7, 11) is 1.67. The molecule has 2 aliphatic rings. The zero-order chi connectivity index (χ0) is 10.3. The largest absolute Gasteiger partial charge is 0.497 e. The molecule has 0 unspecified atom stereocenters. The highest BCUT2D eigenvalue weighted by Gasteiger charge is 2.23. The molecule has 2 aliphatic heterocycles. The molecule has 0 spiro atoms. The molecule has 2 heterocycles. The maximum Gasteiger partial charge on any atom is 0.138 e. The second kappa shape index (κ2) is 3.08.